The lowest BCUT2D eigenvalue weighted by Crippen LogP contribution is -2.70. The van der Waals surface area contributed by atoms with Crippen molar-refractivity contribution in [3.63, 3.8) is 0 Å². The van der Waals surface area contributed by atoms with Gasteiger partial charge >= 0.3 is 5.97 Å². The molecule has 0 radical (unpaired) electrons. The second kappa shape index (κ2) is 30.1. The van der Waals surface area contributed by atoms with E-state index in [0.717, 1.165) is 0 Å². The van der Waals surface area contributed by atoms with Crippen molar-refractivity contribution in [2.45, 2.75) is 233 Å². The number of hydrogen-bond donors (Lipinski definition) is 11. The fourth-order valence-corrected chi connectivity index (χ4v) is 11.5. The standard InChI is InChI=1S/C34H54O14.C21H41N5O7/c1-17-9-12-26(36)45-19(3)21(16-43-33-31(42-8)30(41-7)27(37)20(4)46-33)29-23(47-29)10-11-25(35)34(5,39)14-13-22(17)48-32-28(38)24(40-6)15-18(2)44-32;1-4-26-13-7-12(24)16(32-19-11(23)6-5-10(8-22)31-19)15(28)17(13)33-20-21(2,29)18(25-3)14(27)9-30-20/h9-12,17-24,27-33,37-39H,13-16H2,1-8H3;5,11-20,25-29H,4,6-9,22-24H2,1-3H3/b11-10+,12-9+;/t17-,18+,19+,20+,21+,22-,23+,24-,27+,28+,29-,30+,31+,32-,33+,34-;11-,12+,13-,14+,15+,16-,17+,18-,19-,20-,21-/m01/s1. The summed E-state index contributed by atoms with van der Waals surface area (Å²) in [6.45, 7) is 12.9. The number of fused-ring (bicyclic) bond motifs is 1. The minimum absolute atomic E-state index is 0.0273. The first-order chi connectivity index (χ1) is 38.3. The molecule has 0 amide bonds. The number of carbonyl (C=O) groups is 2. The highest BCUT2D eigenvalue weighted by atomic mass is 16.7. The molecule has 81 heavy (non-hydrogen) atoms. The highest BCUT2D eigenvalue weighted by molar-refractivity contribution is 5.96. The molecule has 14 N–H and O–H groups in total. The molecule has 0 aromatic heterocycles. The molecule has 27 atom stereocenters. The van der Waals surface area contributed by atoms with E-state index in [1.807, 2.05) is 26.8 Å². The summed E-state index contributed by atoms with van der Waals surface area (Å²) in [6, 6.07) is -1.96. The largest absolute Gasteiger partial charge is 0.467 e. The van der Waals surface area contributed by atoms with Gasteiger partial charge in [-0.05, 0) is 92.1 Å². The predicted octanol–water partition coefficient (Wildman–Crippen LogP) is -1.99. The summed E-state index contributed by atoms with van der Waals surface area (Å²) in [5.41, 5.74) is 14.9. The lowest BCUT2D eigenvalue weighted by Gasteiger charge is -2.50. The molecule has 7 rings (SSSR count). The molecule has 4 saturated heterocycles. The maximum absolute atomic E-state index is 13.2. The molecule has 0 aromatic rings. The van der Waals surface area contributed by atoms with E-state index >= 15 is 0 Å². The highest BCUT2D eigenvalue weighted by Gasteiger charge is 2.54. The molecule has 0 bridgehead atoms. The van der Waals surface area contributed by atoms with Crippen LogP contribution < -0.4 is 27.8 Å². The van der Waals surface area contributed by atoms with Crippen LogP contribution in [0, 0.1) is 11.8 Å². The lowest BCUT2D eigenvalue weighted by molar-refractivity contribution is -0.318. The summed E-state index contributed by atoms with van der Waals surface area (Å²) in [5, 5.41) is 71.3. The maximum atomic E-state index is 13.2. The van der Waals surface area contributed by atoms with Gasteiger partial charge in [0.05, 0.1) is 68.5 Å². The van der Waals surface area contributed by atoms with Crippen LogP contribution >= 0.6 is 0 Å². The zero-order valence-corrected chi connectivity index (χ0v) is 48.7. The fraction of sp³-hybridized carbons (Fsp3) is 0.855. The van der Waals surface area contributed by atoms with Gasteiger partial charge in [0, 0.05) is 57.7 Å². The van der Waals surface area contributed by atoms with Crippen molar-refractivity contribution in [1.29, 1.82) is 0 Å². The zero-order valence-electron chi connectivity index (χ0n) is 48.7. The summed E-state index contributed by atoms with van der Waals surface area (Å²) in [6.07, 6.45) is -5.20. The Morgan fingerprint density at radius 1 is 0.765 bits per heavy atom. The molecule has 26 nitrogen and oxygen atoms in total. The number of ketones is 1. The van der Waals surface area contributed by atoms with Crippen molar-refractivity contribution in [1.82, 2.24) is 10.6 Å². The van der Waals surface area contributed by atoms with Crippen LogP contribution in [0.3, 0.4) is 0 Å². The first-order valence-corrected chi connectivity index (χ1v) is 28.3. The predicted molar refractivity (Wildman–Crippen MR) is 288 cm³/mol. The number of carbonyl (C=O) groups excluding carboxylic acids is 2. The third-order valence-corrected chi connectivity index (χ3v) is 16.6. The summed E-state index contributed by atoms with van der Waals surface area (Å²) in [7, 11) is 6.09. The van der Waals surface area contributed by atoms with Gasteiger partial charge in [0.1, 0.15) is 71.9 Å². The zero-order chi connectivity index (χ0) is 59.7. The molecular formula is C55H95N5O21. The number of nitrogens with one attached hydrogen (secondary N) is 2. The number of ether oxygens (including phenoxy) is 13. The average Bonchev–Trinajstić information content (AvgIpc) is 4.32. The van der Waals surface area contributed by atoms with Crippen molar-refractivity contribution in [3.8, 4) is 0 Å². The highest BCUT2D eigenvalue weighted by Crippen LogP contribution is 2.38. The molecule has 6 aliphatic heterocycles. The fourth-order valence-electron chi connectivity index (χ4n) is 11.5. The molecule has 1 aliphatic carbocycles. The van der Waals surface area contributed by atoms with E-state index in [0.29, 0.717) is 31.6 Å². The number of cyclic esters (lactones) is 1. The summed E-state index contributed by atoms with van der Waals surface area (Å²) < 4.78 is 76.0. The molecule has 0 spiro atoms. The van der Waals surface area contributed by atoms with Crippen LogP contribution in [-0.2, 0) is 71.2 Å². The molecular weight excluding hydrogens is 1070 g/mol. The number of aliphatic hydroxyl groups is 6. The Morgan fingerprint density at radius 3 is 2.14 bits per heavy atom. The molecule has 7 aliphatic rings. The number of rotatable bonds is 16. The van der Waals surface area contributed by atoms with Crippen molar-refractivity contribution in [3.05, 3.63) is 36.1 Å². The van der Waals surface area contributed by atoms with Gasteiger partial charge in [-0.3, -0.25) is 4.79 Å². The second-order valence-corrected chi connectivity index (χ2v) is 22.8. The van der Waals surface area contributed by atoms with Crippen molar-refractivity contribution in [2.24, 2.45) is 29.0 Å². The third kappa shape index (κ3) is 16.8. The number of esters is 1. The number of nitrogens with two attached hydrogens (primary N) is 3. The molecule has 6 heterocycles. The van der Waals surface area contributed by atoms with Gasteiger partial charge in [0.15, 0.2) is 24.7 Å². The normalized spacial score (nSPS) is 47.1. The van der Waals surface area contributed by atoms with E-state index in [4.69, 9.17) is 78.8 Å². The minimum Gasteiger partial charge on any atom is -0.467 e. The Bertz CT molecular complexity index is 2080. The van der Waals surface area contributed by atoms with Gasteiger partial charge in [-0.2, -0.15) is 0 Å². The Hall–Kier alpha value is -2.72. The average molecular weight is 1160 g/mol. The van der Waals surface area contributed by atoms with E-state index in [-0.39, 0.29) is 44.7 Å². The smallest absolute Gasteiger partial charge is 0.330 e. The first-order valence-electron chi connectivity index (χ1n) is 28.3. The number of hydrogen-bond acceptors (Lipinski definition) is 26. The van der Waals surface area contributed by atoms with Crippen LogP contribution in [0.2, 0.25) is 0 Å². The van der Waals surface area contributed by atoms with Gasteiger partial charge in [0.2, 0.25) is 6.29 Å². The first kappa shape index (κ1) is 67.4. The van der Waals surface area contributed by atoms with E-state index in [2.05, 4.69) is 10.6 Å². The van der Waals surface area contributed by atoms with Crippen LogP contribution in [0.5, 0.6) is 0 Å². The quantitative estimate of drug-likeness (QED) is 0.0589. The third-order valence-electron chi connectivity index (χ3n) is 16.6. The topological polar surface area (TPSA) is 381 Å². The van der Waals surface area contributed by atoms with E-state index in [1.54, 1.807) is 33.0 Å². The molecule has 0 aromatic carbocycles. The van der Waals surface area contributed by atoms with Gasteiger partial charge in [-0.15, -0.1) is 0 Å². The summed E-state index contributed by atoms with van der Waals surface area (Å²) in [5.74, 6) is -1.42. The van der Waals surface area contributed by atoms with Crippen molar-refractivity contribution in [2.75, 3.05) is 54.7 Å². The summed E-state index contributed by atoms with van der Waals surface area (Å²) >= 11 is 0. The van der Waals surface area contributed by atoms with Crippen molar-refractivity contribution < 1.29 is 102 Å². The van der Waals surface area contributed by atoms with Crippen LogP contribution in [-0.4, -0.2) is 249 Å². The van der Waals surface area contributed by atoms with E-state index in [9.17, 15) is 40.2 Å². The Labute approximate surface area is 475 Å². The number of epoxide rings is 1. The van der Waals surface area contributed by atoms with E-state index < -0.39 is 164 Å². The van der Waals surface area contributed by atoms with E-state index in [1.165, 1.54) is 47.3 Å². The monoisotopic (exact) mass is 1160 g/mol. The Morgan fingerprint density at radius 2 is 1.48 bits per heavy atom. The van der Waals surface area contributed by atoms with Gasteiger partial charge in [-0.1, -0.05) is 19.9 Å². The number of likely N-dealkylation sites (N-methyl/N-ethyl adjacent to an activating group) is 2. The number of methoxy groups -OCH3 is 3. The van der Waals surface area contributed by atoms with Crippen LogP contribution in [0.15, 0.2) is 36.1 Å². The minimum atomic E-state index is -1.72. The number of aliphatic hydroxyl groups excluding tert-OH is 4. The van der Waals surface area contributed by atoms with Crippen molar-refractivity contribution >= 4 is 11.8 Å². The molecule has 5 fully saturated rings. The molecule has 26 heteroatoms. The van der Waals surface area contributed by atoms with Crippen LogP contribution in [0.4, 0.5) is 0 Å². The van der Waals surface area contributed by atoms with Crippen LogP contribution in [0.1, 0.15) is 80.6 Å². The molecule has 466 valence electrons. The maximum Gasteiger partial charge on any atom is 0.330 e. The molecule has 1 saturated carbocycles. The Balaban J connectivity index is 0.000000279. The lowest BCUT2D eigenvalue weighted by atomic mass is 9.83. The van der Waals surface area contributed by atoms with Crippen LogP contribution in [0.25, 0.3) is 0 Å². The second-order valence-electron chi connectivity index (χ2n) is 22.8. The van der Waals surface area contributed by atoms with Gasteiger partial charge < -0.3 is 120 Å². The Kier molecular flexibility index (Phi) is 25.0. The SMILES string of the molecule is CCN[C@@H]1C[C@H](N)[C@@H](O[C@H]2OC(CN)=CC[C@H]2N)[C@H](O)[C@H]1O[C@H]1OC[C@H](O)[C@@H](NC)[C@@]1(C)O.CO[C@@H]1[C@H](O)[C@@H](C)O[C@@H](OC[C@H]2[C@@H]3O[C@@H]3/C=C/C(=O)[C@@](C)(O)CC[C@H](O[C@@H]3O[C@H](C)C[C@H](OC)[C@H]3O)[C@@H](C)/C=C/C(=O)O[C@@H]2C)[C@@H]1OC. The summed E-state index contributed by atoms with van der Waals surface area (Å²) in [4.78, 5) is 26.3. The van der Waals surface area contributed by atoms with Gasteiger partial charge in [0.25, 0.3) is 0 Å². The molecule has 0 unspecified atom stereocenters. The van der Waals surface area contributed by atoms with Gasteiger partial charge in [-0.25, -0.2) is 4.79 Å².